The van der Waals surface area contributed by atoms with E-state index in [2.05, 4.69) is 20.7 Å². The van der Waals surface area contributed by atoms with Crippen molar-refractivity contribution in [3.8, 4) is 11.5 Å². The minimum absolute atomic E-state index is 0.128. The fraction of sp³-hybridized carbons (Fsp3) is 0.294. The number of rotatable bonds is 5. The summed E-state index contributed by atoms with van der Waals surface area (Å²) in [6, 6.07) is 11.6. The van der Waals surface area contributed by atoms with Crippen molar-refractivity contribution in [2.24, 2.45) is 0 Å². The Labute approximate surface area is 155 Å². The van der Waals surface area contributed by atoms with Crippen LogP contribution in [0.5, 0.6) is 11.5 Å². The van der Waals surface area contributed by atoms with Crippen LogP contribution in [0.1, 0.15) is 12.0 Å². The van der Waals surface area contributed by atoms with E-state index in [1.54, 1.807) is 30.3 Å². The molecule has 0 fully saturated rings. The van der Waals surface area contributed by atoms with E-state index in [9.17, 15) is 13.5 Å². The summed E-state index contributed by atoms with van der Waals surface area (Å²) in [6.45, 7) is 0.105. The first-order chi connectivity index (χ1) is 11.9. The van der Waals surface area contributed by atoms with E-state index in [1.165, 1.54) is 19.2 Å². The van der Waals surface area contributed by atoms with Gasteiger partial charge >= 0.3 is 0 Å². The fourth-order valence-electron chi connectivity index (χ4n) is 2.76. The quantitative estimate of drug-likeness (QED) is 0.764. The van der Waals surface area contributed by atoms with Crippen LogP contribution >= 0.6 is 15.9 Å². The minimum atomic E-state index is -3.75. The number of para-hydroxylation sites is 1. The number of nitrogens with one attached hydrogen (secondary N) is 1. The van der Waals surface area contributed by atoms with E-state index in [4.69, 9.17) is 9.47 Å². The molecule has 0 aromatic heterocycles. The molecule has 8 heteroatoms. The second-order valence-electron chi connectivity index (χ2n) is 5.75. The van der Waals surface area contributed by atoms with Gasteiger partial charge in [0.25, 0.3) is 0 Å². The lowest BCUT2D eigenvalue weighted by molar-refractivity contribution is 0.00123. The summed E-state index contributed by atoms with van der Waals surface area (Å²) >= 11 is 3.26. The monoisotopic (exact) mass is 427 g/mol. The Bertz CT molecular complexity index is 886. The zero-order valence-corrected chi connectivity index (χ0v) is 15.9. The molecule has 2 aromatic carbocycles. The van der Waals surface area contributed by atoms with Crippen molar-refractivity contribution in [1.82, 2.24) is 4.72 Å². The fourth-order valence-corrected chi connectivity index (χ4v) is 4.45. The molecule has 0 amide bonds. The lowest BCUT2D eigenvalue weighted by Gasteiger charge is -2.35. The molecule has 0 saturated heterocycles. The number of hydrogen-bond acceptors (Lipinski definition) is 5. The zero-order chi connectivity index (χ0) is 18.1. The minimum Gasteiger partial charge on any atom is -0.493 e. The van der Waals surface area contributed by atoms with Crippen LogP contribution in [-0.2, 0) is 15.6 Å². The van der Waals surface area contributed by atoms with Crippen LogP contribution in [0.15, 0.2) is 51.8 Å². The molecule has 3 rings (SSSR count). The molecule has 0 bridgehead atoms. The summed E-state index contributed by atoms with van der Waals surface area (Å²) in [4.78, 5) is 0.128. The number of methoxy groups -OCH3 is 1. The van der Waals surface area contributed by atoms with Crippen LogP contribution in [0.3, 0.4) is 0 Å². The highest BCUT2D eigenvalue weighted by molar-refractivity contribution is 9.10. The van der Waals surface area contributed by atoms with Gasteiger partial charge in [-0.1, -0.05) is 34.1 Å². The SMILES string of the molecule is COc1cccc2c1OCCC2(O)CNS(=O)(=O)c1cccc(Br)c1. The normalized spacial score (nSPS) is 19.8. The van der Waals surface area contributed by atoms with Gasteiger partial charge in [0.1, 0.15) is 5.60 Å². The van der Waals surface area contributed by atoms with Gasteiger partial charge in [0.15, 0.2) is 11.5 Å². The molecule has 134 valence electrons. The van der Waals surface area contributed by atoms with Gasteiger partial charge in [-0.25, -0.2) is 13.1 Å². The molecule has 1 unspecified atom stereocenters. The average molecular weight is 428 g/mol. The Morgan fingerprint density at radius 1 is 1.32 bits per heavy atom. The first-order valence-corrected chi connectivity index (χ1v) is 9.91. The summed E-state index contributed by atoms with van der Waals surface area (Å²) in [5.41, 5.74) is -0.865. The van der Waals surface area contributed by atoms with E-state index in [-0.39, 0.29) is 24.5 Å². The van der Waals surface area contributed by atoms with Gasteiger partial charge in [0, 0.05) is 23.0 Å². The number of sulfonamides is 1. The zero-order valence-electron chi connectivity index (χ0n) is 13.5. The molecule has 0 radical (unpaired) electrons. The smallest absolute Gasteiger partial charge is 0.240 e. The third-order valence-electron chi connectivity index (χ3n) is 4.12. The number of benzene rings is 2. The molecule has 1 heterocycles. The predicted molar refractivity (Wildman–Crippen MR) is 96.3 cm³/mol. The van der Waals surface area contributed by atoms with Gasteiger partial charge in [-0.15, -0.1) is 0 Å². The molecular weight excluding hydrogens is 410 g/mol. The highest BCUT2D eigenvalue weighted by Gasteiger charge is 2.38. The molecule has 0 saturated carbocycles. The van der Waals surface area contributed by atoms with E-state index in [0.29, 0.717) is 21.5 Å². The van der Waals surface area contributed by atoms with Crippen molar-refractivity contribution < 1.29 is 23.0 Å². The molecule has 2 N–H and O–H groups in total. The van der Waals surface area contributed by atoms with Gasteiger partial charge in [0.05, 0.1) is 18.6 Å². The summed E-state index contributed by atoms with van der Waals surface area (Å²) < 4.78 is 39.0. The van der Waals surface area contributed by atoms with E-state index in [0.717, 1.165) is 0 Å². The van der Waals surface area contributed by atoms with Crippen molar-refractivity contribution in [3.63, 3.8) is 0 Å². The third-order valence-corrected chi connectivity index (χ3v) is 6.02. The maximum atomic E-state index is 12.5. The number of ether oxygens (including phenoxy) is 2. The lowest BCUT2D eigenvalue weighted by Crippen LogP contribution is -2.43. The van der Waals surface area contributed by atoms with E-state index in [1.807, 2.05) is 0 Å². The third kappa shape index (κ3) is 3.67. The van der Waals surface area contributed by atoms with Gasteiger partial charge < -0.3 is 14.6 Å². The van der Waals surface area contributed by atoms with Crippen LogP contribution in [0.25, 0.3) is 0 Å². The maximum Gasteiger partial charge on any atom is 0.240 e. The summed E-state index contributed by atoms with van der Waals surface area (Å²) in [5.74, 6) is 0.950. The number of hydrogen-bond donors (Lipinski definition) is 2. The van der Waals surface area contributed by atoms with Crippen LogP contribution in [0, 0.1) is 0 Å². The van der Waals surface area contributed by atoms with Crippen LogP contribution in [0.2, 0.25) is 0 Å². The Morgan fingerprint density at radius 3 is 2.80 bits per heavy atom. The summed E-state index contributed by atoms with van der Waals surface area (Å²) in [6.07, 6.45) is 0.272. The van der Waals surface area contributed by atoms with Gasteiger partial charge in [-0.05, 0) is 24.3 Å². The average Bonchev–Trinajstić information content (AvgIpc) is 2.60. The Hall–Kier alpha value is -1.61. The van der Waals surface area contributed by atoms with Gasteiger partial charge in [-0.3, -0.25) is 0 Å². The lowest BCUT2D eigenvalue weighted by atomic mass is 9.88. The van der Waals surface area contributed by atoms with Crippen molar-refractivity contribution in [2.45, 2.75) is 16.9 Å². The second-order valence-corrected chi connectivity index (χ2v) is 8.43. The van der Waals surface area contributed by atoms with Crippen LogP contribution < -0.4 is 14.2 Å². The largest absolute Gasteiger partial charge is 0.493 e. The molecule has 25 heavy (non-hydrogen) atoms. The highest BCUT2D eigenvalue weighted by Crippen LogP contribution is 2.42. The molecule has 1 atom stereocenters. The molecule has 0 aliphatic carbocycles. The van der Waals surface area contributed by atoms with Crippen molar-refractivity contribution >= 4 is 26.0 Å². The molecule has 6 nitrogen and oxygen atoms in total. The van der Waals surface area contributed by atoms with Crippen LogP contribution in [0.4, 0.5) is 0 Å². The maximum absolute atomic E-state index is 12.5. The van der Waals surface area contributed by atoms with Gasteiger partial charge in [0.2, 0.25) is 10.0 Å². The van der Waals surface area contributed by atoms with Crippen molar-refractivity contribution in [1.29, 1.82) is 0 Å². The van der Waals surface area contributed by atoms with E-state index >= 15 is 0 Å². The molecular formula is C17H18BrNO5S. The van der Waals surface area contributed by atoms with Crippen molar-refractivity contribution in [3.05, 3.63) is 52.5 Å². The standard InChI is InChI=1S/C17H18BrNO5S/c1-23-15-7-3-6-14-16(15)24-9-8-17(14,20)11-19-25(21,22)13-5-2-4-12(18)10-13/h2-7,10,19-20H,8-9,11H2,1H3. The summed E-state index contributed by atoms with van der Waals surface area (Å²) in [7, 11) is -2.23. The predicted octanol–water partition coefficient (Wildman–Crippen LogP) is 2.41. The second kappa shape index (κ2) is 6.95. The van der Waals surface area contributed by atoms with Gasteiger partial charge in [-0.2, -0.15) is 0 Å². The Balaban J connectivity index is 1.87. The van der Waals surface area contributed by atoms with E-state index < -0.39 is 15.6 Å². The number of aliphatic hydroxyl groups is 1. The molecule has 2 aromatic rings. The Morgan fingerprint density at radius 2 is 2.08 bits per heavy atom. The Kier molecular flexibility index (Phi) is 5.06. The molecule has 0 spiro atoms. The highest BCUT2D eigenvalue weighted by atomic mass is 79.9. The molecule has 1 aliphatic heterocycles. The molecule has 1 aliphatic rings. The van der Waals surface area contributed by atoms with Crippen molar-refractivity contribution in [2.75, 3.05) is 20.3 Å². The summed E-state index contributed by atoms with van der Waals surface area (Å²) in [5, 5.41) is 11.0. The first-order valence-electron chi connectivity index (χ1n) is 7.64. The number of fused-ring (bicyclic) bond motifs is 1. The first kappa shape index (κ1) is 18.2. The van der Waals surface area contributed by atoms with Crippen LogP contribution in [-0.4, -0.2) is 33.8 Å². The number of halogens is 1. The topological polar surface area (TPSA) is 84.9 Å².